The fourth-order valence-corrected chi connectivity index (χ4v) is 1.98. The minimum Gasteiger partial charge on any atom is -0.396 e. The molecule has 0 spiro atoms. The number of rotatable bonds is 2. The zero-order valence-electron chi connectivity index (χ0n) is 8.19. The summed E-state index contributed by atoms with van der Waals surface area (Å²) in [5.41, 5.74) is 0.809. The van der Waals surface area contributed by atoms with Crippen LogP contribution in [0.3, 0.4) is 0 Å². The van der Waals surface area contributed by atoms with Crippen LogP contribution in [-0.2, 0) is 4.79 Å². The van der Waals surface area contributed by atoms with Crippen LogP contribution in [0.1, 0.15) is 6.42 Å². The van der Waals surface area contributed by atoms with Gasteiger partial charge in [0.25, 0.3) is 0 Å². The minimum absolute atomic E-state index is 0.0521. The van der Waals surface area contributed by atoms with E-state index in [1.54, 1.807) is 17.0 Å². The molecule has 3 nitrogen and oxygen atoms in total. The first-order valence-corrected chi connectivity index (χ1v) is 5.25. The second kappa shape index (κ2) is 4.21. The molecule has 1 aliphatic rings. The molecule has 1 N–H and O–H groups in total. The Bertz CT molecular complexity index is 381. The number of nitrogens with zero attached hydrogens (tertiary/aromatic N) is 1. The smallest absolute Gasteiger partial charge is 0.227 e. The third-order valence-corrected chi connectivity index (χ3v) is 2.82. The highest BCUT2D eigenvalue weighted by Crippen LogP contribution is 2.26. The average Bonchev–Trinajstić information content (AvgIpc) is 2.60. The van der Waals surface area contributed by atoms with Crippen molar-refractivity contribution in [3.8, 4) is 0 Å². The van der Waals surface area contributed by atoms with Crippen molar-refractivity contribution in [1.29, 1.82) is 0 Å². The number of carbonyl (C=O) groups is 1. The van der Waals surface area contributed by atoms with Crippen LogP contribution >= 0.6 is 11.6 Å². The molecule has 0 saturated carbocycles. The van der Waals surface area contributed by atoms with Crippen molar-refractivity contribution >= 4 is 23.2 Å². The highest BCUT2D eigenvalue weighted by molar-refractivity contribution is 6.30. The van der Waals surface area contributed by atoms with E-state index in [1.165, 1.54) is 0 Å². The van der Waals surface area contributed by atoms with Crippen molar-refractivity contribution in [1.82, 2.24) is 0 Å². The van der Waals surface area contributed by atoms with Gasteiger partial charge in [-0.3, -0.25) is 4.79 Å². The standard InChI is InChI=1S/C11H12ClNO2/c12-9-2-1-3-10(5-9)13-6-8(7-14)4-11(13)15/h1-3,5,8,14H,4,6-7H2/t8-/m0/s1. The van der Waals surface area contributed by atoms with Gasteiger partial charge in [-0.1, -0.05) is 17.7 Å². The molecule has 0 bridgehead atoms. The molecular formula is C11H12ClNO2. The van der Waals surface area contributed by atoms with Crippen LogP contribution in [0, 0.1) is 5.92 Å². The van der Waals surface area contributed by atoms with Crippen molar-refractivity contribution in [3.05, 3.63) is 29.3 Å². The Morgan fingerprint density at radius 2 is 2.33 bits per heavy atom. The Morgan fingerprint density at radius 3 is 2.93 bits per heavy atom. The summed E-state index contributed by atoms with van der Waals surface area (Å²) in [6.07, 6.45) is 0.420. The molecule has 0 aromatic heterocycles. The predicted octanol–water partition coefficient (Wildman–Crippen LogP) is 1.69. The van der Waals surface area contributed by atoms with Gasteiger partial charge in [0.05, 0.1) is 0 Å². The van der Waals surface area contributed by atoms with Crippen molar-refractivity contribution < 1.29 is 9.90 Å². The topological polar surface area (TPSA) is 40.5 Å². The van der Waals surface area contributed by atoms with Crippen LogP contribution in [0.25, 0.3) is 0 Å². The number of anilines is 1. The maximum absolute atomic E-state index is 11.6. The Balaban J connectivity index is 2.21. The van der Waals surface area contributed by atoms with Crippen LogP contribution in [-0.4, -0.2) is 24.2 Å². The van der Waals surface area contributed by atoms with Gasteiger partial charge in [-0.15, -0.1) is 0 Å². The molecule has 0 aliphatic carbocycles. The number of hydrogen-bond donors (Lipinski definition) is 1. The largest absolute Gasteiger partial charge is 0.396 e. The maximum atomic E-state index is 11.6. The summed E-state index contributed by atoms with van der Waals surface area (Å²) in [6, 6.07) is 7.20. The van der Waals surface area contributed by atoms with Crippen molar-refractivity contribution in [3.63, 3.8) is 0 Å². The van der Waals surface area contributed by atoms with Gasteiger partial charge in [-0.25, -0.2) is 0 Å². The van der Waals surface area contributed by atoms with Crippen LogP contribution in [0.2, 0.25) is 5.02 Å². The van der Waals surface area contributed by atoms with Gasteiger partial charge >= 0.3 is 0 Å². The van der Waals surface area contributed by atoms with E-state index in [-0.39, 0.29) is 18.4 Å². The van der Waals surface area contributed by atoms with Gasteiger partial charge in [0.2, 0.25) is 5.91 Å². The Morgan fingerprint density at radius 1 is 1.53 bits per heavy atom. The molecular weight excluding hydrogens is 214 g/mol. The molecule has 1 amide bonds. The first-order valence-electron chi connectivity index (χ1n) is 4.87. The Hall–Kier alpha value is -1.06. The minimum atomic E-state index is 0.0521. The Kier molecular flexibility index (Phi) is 2.93. The molecule has 1 aromatic carbocycles. The number of aliphatic hydroxyl groups is 1. The maximum Gasteiger partial charge on any atom is 0.227 e. The van der Waals surface area contributed by atoms with E-state index in [4.69, 9.17) is 16.7 Å². The van der Waals surface area contributed by atoms with Crippen LogP contribution < -0.4 is 4.90 Å². The van der Waals surface area contributed by atoms with Gasteiger partial charge in [-0.2, -0.15) is 0 Å². The summed E-state index contributed by atoms with van der Waals surface area (Å²) in [5.74, 6) is 0.104. The third-order valence-electron chi connectivity index (χ3n) is 2.58. The normalized spacial score (nSPS) is 21.1. The number of amides is 1. The second-order valence-corrected chi connectivity index (χ2v) is 4.17. The summed E-state index contributed by atoms with van der Waals surface area (Å²) in [4.78, 5) is 13.3. The van der Waals surface area contributed by atoms with Crippen LogP contribution in [0.4, 0.5) is 5.69 Å². The number of benzene rings is 1. The molecule has 4 heteroatoms. The molecule has 1 aliphatic heterocycles. The van der Waals surface area contributed by atoms with E-state index in [9.17, 15) is 4.79 Å². The summed E-state index contributed by atoms with van der Waals surface area (Å²) >= 11 is 5.85. The van der Waals surface area contributed by atoms with E-state index in [2.05, 4.69) is 0 Å². The number of hydrogen-bond acceptors (Lipinski definition) is 2. The van der Waals surface area contributed by atoms with Gasteiger partial charge in [0.15, 0.2) is 0 Å². The molecule has 1 atom stereocenters. The second-order valence-electron chi connectivity index (χ2n) is 3.74. The van der Waals surface area contributed by atoms with E-state index >= 15 is 0 Å². The van der Waals surface area contributed by atoms with Crippen LogP contribution in [0.5, 0.6) is 0 Å². The lowest BCUT2D eigenvalue weighted by Crippen LogP contribution is -2.24. The van der Waals surface area contributed by atoms with Crippen molar-refractivity contribution in [2.24, 2.45) is 5.92 Å². The highest BCUT2D eigenvalue weighted by Gasteiger charge is 2.29. The first kappa shape index (κ1) is 10.5. The molecule has 80 valence electrons. The molecule has 1 fully saturated rings. The Labute approximate surface area is 93.3 Å². The number of aliphatic hydroxyl groups excluding tert-OH is 1. The molecule has 1 aromatic rings. The van der Waals surface area contributed by atoms with E-state index in [0.717, 1.165) is 5.69 Å². The SMILES string of the molecule is O=C1C[C@H](CO)CN1c1cccc(Cl)c1. The fourth-order valence-electron chi connectivity index (χ4n) is 1.80. The molecule has 0 unspecified atom stereocenters. The highest BCUT2D eigenvalue weighted by atomic mass is 35.5. The molecule has 15 heavy (non-hydrogen) atoms. The van der Waals surface area contributed by atoms with E-state index in [1.807, 2.05) is 12.1 Å². The van der Waals surface area contributed by atoms with Crippen molar-refractivity contribution in [2.75, 3.05) is 18.1 Å². The average molecular weight is 226 g/mol. The quantitative estimate of drug-likeness (QED) is 0.832. The monoisotopic (exact) mass is 225 g/mol. The zero-order chi connectivity index (χ0) is 10.8. The van der Waals surface area contributed by atoms with Crippen LogP contribution in [0.15, 0.2) is 24.3 Å². The lowest BCUT2D eigenvalue weighted by atomic mass is 10.1. The summed E-state index contributed by atoms with van der Waals surface area (Å²) in [7, 11) is 0. The molecule has 2 rings (SSSR count). The lowest BCUT2D eigenvalue weighted by molar-refractivity contribution is -0.117. The van der Waals surface area contributed by atoms with Crippen molar-refractivity contribution in [2.45, 2.75) is 6.42 Å². The number of carbonyl (C=O) groups excluding carboxylic acids is 1. The number of halogens is 1. The van der Waals surface area contributed by atoms with E-state index < -0.39 is 0 Å². The van der Waals surface area contributed by atoms with Gasteiger partial charge in [0, 0.05) is 36.2 Å². The van der Waals surface area contributed by atoms with Gasteiger partial charge in [0.1, 0.15) is 0 Å². The third kappa shape index (κ3) is 2.13. The molecule has 1 heterocycles. The van der Waals surface area contributed by atoms with Gasteiger partial charge < -0.3 is 10.0 Å². The van der Waals surface area contributed by atoms with Gasteiger partial charge in [-0.05, 0) is 18.2 Å². The summed E-state index contributed by atoms with van der Waals surface area (Å²) in [5, 5.41) is 9.62. The molecule has 0 radical (unpaired) electrons. The first-order chi connectivity index (χ1) is 7.20. The predicted molar refractivity (Wildman–Crippen MR) is 59.0 cm³/mol. The summed E-state index contributed by atoms with van der Waals surface area (Å²) < 4.78 is 0. The lowest BCUT2D eigenvalue weighted by Gasteiger charge is -2.16. The summed E-state index contributed by atoms with van der Waals surface area (Å²) in [6.45, 7) is 0.637. The molecule has 1 saturated heterocycles. The fraction of sp³-hybridized carbons (Fsp3) is 0.364. The zero-order valence-corrected chi connectivity index (χ0v) is 8.94. The van der Waals surface area contributed by atoms with E-state index in [0.29, 0.717) is 18.0 Å².